The van der Waals surface area contributed by atoms with Crippen molar-refractivity contribution in [3.05, 3.63) is 36.7 Å². The summed E-state index contributed by atoms with van der Waals surface area (Å²) in [7, 11) is 1.72. The first-order valence-corrected chi connectivity index (χ1v) is 10.3. The van der Waals surface area contributed by atoms with Gasteiger partial charge in [0.2, 0.25) is 5.88 Å². The Bertz CT molecular complexity index is 912. The van der Waals surface area contributed by atoms with Gasteiger partial charge in [-0.05, 0) is 37.1 Å². The molecule has 1 fully saturated rings. The first-order valence-electron chi connectivity index (χ1n) is 10.3. The van der Waals surface area contributed by atoms with Crippen LogP contribution in [0.1, 0.15) is 38.5 Å². The molecular formula is C21H27F2N7O. The average molecular weight is 431 g/mol. The molecule has 0 aromatic carbocycles. The topological polar surface area (TPSA) is 115 Å². The highest BCUT2D eigenvalue weighted by atomic mass is 19.3. The van der Waals surface area contributed by atoms with E-state index in [1.165, 1.54) is 44.7 Å². The summed E-state index contributed by atoms with van der Waals surface area (Å²) in [5, 5.41) is 17.2. The molecule has 0 spiro atoms. The molecule has 3 heterocycles. The number of nitrogens with zero attached hydrogens (tertiary/aromatic N) is 4. The van der Waals surface area contributed by atoms with Crippen LogP contribution in [0.15, 0.2) is 36.7 Å². The van der Waals surface area contributed by atoms with Crippen LogP contribution in [-0.2, 0) is 0 Å². The lowest BCUT2D eigenvalue weighted by molar-refractivity contribution is -0.0523. The van der Waals surface area contributed by atoms with Crippen LogP contribution >= 0.6 is 0 Å². The highest BCUT2D eigenvalue weighted by molar-refractivity contribution is 5.70. The normalized spacial score (nSPS) is 14.5. The number of aromatic nitrogens is 5. The summed E-state index contributed by atoms with van der Waals surface area (Å²) >= 11 is 0. The number of hydrogen-bond donors (Lipinski definition) is 3. The Labute approximate surface area is 179 Å². The van der Waals surface area contributed by atoms with Crippen LogP contribution in [-0.4, -0.2) is 45.1 Å². The van der Waals surface area contributed by atoms with E-state index in [4.69, 9.17) is 5.73 Å². The van der Waals surface area contributed by atoms with Crippen LogP contribution in [0.2, 0.25) is 0 Å². The molecule has 0 aliphatic heterocycles. The minimum absolute atomic E-state index is 0.196. The van der Waals surface area contributed by atoms with Crippen LogP contribution in [0.25, 0.3) is 22.5 Å². The van der Waals surface area contributed by atoms with Crippen molar-refractivity contribution in [2.75, 3.05) is 12.4 Å². The Morgan fingerprint density at radius 2 is 1.81 bits per heavy atom. The average Bonchev–Trinajstić information content (AvgIpc) is 3.20. The second-order valence-electron chi connectivity index (χ2n) is 7.22. The summed E-state index contributed by atoms with van der Waals surface area (Å²) in [5.41, 5.74) is 7.56. The third-order valence-electron chi connectivity index (χ3n) is 4.95. The van der Waals surface area contributed by atoms with Crippen molar-refractivity contribution >= 4 is 5.82 Å². The molecule has 0 radical (unpaired) electrons. The second-order valence-corrected chi connectivity index (χ2v) is 7.22. The molecule has 0 saturated heterocycles. The van der Waals surface area contributed by atoms with E-state index in [-0.39, 0.29) is 5.88 Å². The molecule has 8 nitrogen and oxygen atoms in total. The van der Waals surface area contributed by atoms with Gasteiger partial charge in [0.15, 0.2) is 0 Å². The first kappa shape index (κ1) is 22.5. The number of H-pyrrole nitrogens is 1. The highest BCUT2D eigenvalue weighted by Crippen LogP contribution is 2.31. The number of aromatic amines is 1. The molecule has 0 unspecified atom stereocenters. The first-order chi connectivity index (χ1) is 15.1. The van der Waals surface area contributed by atoms with E-state index >= 15 is 0 Å². The van der Waals surface area contributed by atoms with Crippen LogP contribution < -0.4 is 15.8 Å². The summed E-state index contributed by atoms with van der Waals surface area (Å²) in [5.74, 6) is 0.395. The van der Waals surface area contributed by atoms with E-state index in [9.17, 15) is 8.78 Å². The molecule has 166 valence electrons. The fourth-order valence-corrected chi connectivity index (χ4v) is 3.29. The van der Waals surface area contributed by atoms with E-state index in [2.05, 4.69) is 35.4 Å². The van der Waals surface area contributed by atoms with Gasteiger partial charge in [0, 0.05) is 30.4 Å². The van der Waals surface area contributed by atoms with Crippen LogP contribution in [0.3, 0.4) is 0 Å². The van der Waals surface area contributed by atoms with Gasteiger partial charge in [-0.1, -0.05) is 25.7 Å². The maximum absolute atomic E-state index is 12.7. The Balaban J connectivity index is 0.000000287. The molecule has 4 N–H and O–H groups in total. The number of anilines is 1. The molecule has 1 saturated carbocycles. The van der Waals surface area contributed by atoms with Gasteiger partial charge in [-0.15, -0.1) is 10.2 Å². The fraction of sp³-hybridized carbons (Fsp3) is 0.429. The molecule has 1 aliphatic rings. The number of nitrogens with one attached hydrogen (secondary N) is 2. The van der Waals surface area contributed by atoms with Gasteiger partial charge in [-0.3, -0.25) is 5.10 Å². The Morgan fingerprint density at radius 3 is 2.39 bits per heavy atom. The number of hydrogen-bond acceptors (Lipinski definition) is 7. The van der Waals surface area contributed by atoms with Crippen molar-refractivity contribution in [3.8, 4) is 28.4 Å². The number of nitrogens with two attached hydrogens (primary N) is 1. The zero-order chi connectivity index (χ0) is 22.1. The lowest BCUT2D eigenvalue weighted by Crippen LogP contribution is -2.17. The lowest BCUT2D eigenvalue weighted by atomic mass is 10.1. The Hall–Kier alpha value is -3.14. The zero-order valence-electron chi connectivity index (χ0n) is 17.4. The highest BCUT2D eigenvalue weighted by Gasteiger charge is 2.16. The maximum atomic E-state index is 12.7. The lowest BCUT2D eigenvalue weighted by Gasteiger charge is -2.10. The maximum Gasteiger partial charge on any atom is 0.388 e. The number of halogens is 2. The van der Waals surface area contributed by atoms with Gasteiger partial charge < -0.3 is 15.8 Å². The fourth-order valence-electron chi connectivity index (χ4n) is 3.29. The molecule has 1 aliphatic carbocycles. The number of pyridine rings is 1. The quantitative estimate of drug-likeness (QED) is 0.518. The number of rotatable bonds is 5. The molecule has 10 heteroatoms. The van der Waals surface area contributed by atoms with Crippen molar-refractivity contribution in [3.63, 3.8) is 0 Å². The molecule has 3 aromatic heterocycles. The predicted molar refractivity (Wildman–Crippen MR) is 115 cm³/mol. The summed E-state index contributed by atoms with van der Waals surface area (Å²) in [6.07, 6.45) is 11.1. The van der Waals surface area contributed by atoms with Gasteiger partial charge in [-0.2, -0.15) is 13.9 Å². The monoisotopic (exact) mass is 431 g/mol. The van der Waals surface area contributed by atoms with Crippen molar-refractivity contribution in [2.45, 2.75) is 51.2 Å². The standard InChI is InChI=1S/C14H12F2N6O.C7H15N/c1-17-12-5-4-11(21-22-12)10-3-2-9(8-6-18-19-7-8)13(20-10)23-14(15)16;8-7-5-3-1-2-4-6-7/h2-7,14H,1H3,(H,17,22)(H,18,19);7H,1-6,8H2. The van der Waals surface area contributed by atoms with Crippen molar-refractivity contribution < 1.29 is 13.5 Å². The molecular weight excluding hydrogens is 404 g/mol. The Morgan fingerprint density at radius 1 is 1.06 bits per heavy atom. The minimum atomic E-state index is -2.99. The van der Waals surface area contributed by atoms with Crippen molar-refractivity contribution in [1.82, 2.24) is 25.4 Å². The number of alkyl halides is 2. The van der Waals surface area contributed by atoms with E-state index in [0.717, 1.165) is 0 Å². The molecule has 3 aromatic rings. The van der Waals surface area contributed by atoms with Crippen LogP contribution in [0.5, 0.6) is 5.88 Å². The molecule has 4 rings (SSSR count). The second kappa shape index (κ2) is 11.3. The third-order valence-corrected chi connectivity index (χ3v) is 4.95. The largest absolute Gasteiger partial charge is 0.416 e. The van der Waals surface area contributed by atoms with Gasteiger partial charge in [0.1, 0.15) is 11.5 Å². The molecule has 0 bridgehead atoms. The molecule has 31 heavy (non-hydrogen) atoms. The van der Waals surface area contributed by atoms with E-state index in [0.29, 0.717) is 34.4 Å². The molecule has 0 amide bonds. The minimum Gasteiger partial charge on any atom is -0.416 e. The Kier molecular flexibility index (Phi) is 8.22. The summed E-state index contributed by atoms with van der Waals surface area (Å²) in [4.78, 5) is 4.13. The van der Waals surface area contributed by atoms with Crippen LogP contribution in [0, 0.1) is 0 Å². The summed E-state index contributed by atoms with van der Waals surface area (Å²) < 4.78 is 29.8. The van der Waals surface area contributed by atoms with E-state index in [1.807, 2.05) is 0 Å². The van der Waals surface area contributed by atoms with Crippen LogP contribution in [0.4, 0.5) is 14.6 Å². The van der Waals surface area contributed by atoms with Gasteiger partial charge in [0.25, 0.3) is 0 Å². The number of ether oxygens (including phenoxy) is 1. The van der Waals surface area contributed by atoms with Gasteiger partial charge in [-0.25, -0.2) is 4.98 Å². The van der Waals surface area contributed by atoms with E-state index < -0.39 is 6.61 Å². The zero-order valence-corrected chi connectivity index (χ0v) is 17.4. The van der Waals surface area contributed by atoms with Crippen molar-refractivity contribution in [1.29, 1.82) is 0 Å². The van der Waals surface area contributed by atoms with E-state index in [1.54, 1.807) is 37.5 Å². The third kappa shape index (κ3) is 6.68. The molecule has 0 atom stereocenters. The predicted octanol–water partition coefficient (Wildman–Crippen LogP) is 4.24. The van der Waals surface area contributed by atoms with Crippen molar-refractivity contribution in [2.24, 2.45) is 5.73 Å². The van der Waals surface area contributed by atoms with Gasteiger partial charge >= 0.3 is 6.61 Å². The summed E-state index contributed by atoms with van der Waals surface area (Å²) in [6.45, 7) is -2.99. The SMILES string of the molecule is CNc1ccc(-c2ccc(-c3cn[nH]c3)c(OC(F)F)n2)nn1.NC1CCCCCC1. The van der Waals surface area contributed by atoms with Gasteiger partial charge in [0.05, 0.1) is 11.9 Å². The smallest absolute Gasteiger partial charge is 0.388 e. The summed E-state index contributed by atoms with van der Waals surface area (Å²) in [6, 6.07) is 7.20.